The van der Waals surface area contributed by atoms with Gasteiger partial charge in [0, 0.05) is 36.7 Å². The third-order valence-electron chi connectivity index (χ3n) is 7.67. The Morgan fingerprint density at radius 3 is 1.83 bits per heavy atom. The number of carbonyl (C=O) groups is 3. The fourth-order valence-electron chi connectivity index (χ4n) is 5.76. The molecule has 5 aromatic rings. The Morgan fingerprint density at radius 1 is 0.812 bits per heavy atom. The average Bonchev–Trinajstić information content (AvgIpc) is 3.64. The topological polar surface area (TPSA) is 164 Å². The lowest BCUT2D eigenvalue weighted by Crippen LogP contribution is -2.40. The van der Waals surface area contributed by atoms with Gasteiger partial charge in [-0.15, -0.1) is 0 Å². The van der Waals surface area contributed by atoms with Gasteiger partial charge < -0.3 is 18.9 Å². The molecule has 3 aromatic carbocycles. The summed E-state index contributed by atoms with van der Waals surface area (Å²) in [6.45, 7) is 3.34. The number of H-pyrrole nitrogens is 1. The maximum Gasteiger partial charge on any atom is 0.303 e. The van der Waals surface area contributed by atoms with E-state index in [2.05, 4.69) is 9.97 Å². The molecule has 1 saturated heterocycles. The number of carbonyl (C=O) groups excluding carboxylic acids is 3. The predicted octanol–water partition coefficient (Wildman–Crippen LogP) is 3.25. The van der Waals surface area contributed by atoms with Crippen molar-refractivity contribution in [1.82, 2.24) is 19.5 Å². The number of esters is 3. The van der Waals surface area contributed by atoms with Crippen molar-refractivity contribution in [3.63, 3.8) is 0 Å². The van der Waals surface area contributed by atoms with E-state index in [0.29, 0.717) is 0 Å². The first-order valence-electron chi connectivity index (χ1n) is 15.1. The van der Waals surface area contributed by atoms with Gasteiger partial charge in [0.25, 0.3) is 5.56 Å². The van der Waals surface area contributed by atoms with Crippen LogP contribution in [0.15, 0.2) is 107 Å². The first kappa shape index (κ1) is 32.5. The van der Waals surface area contributed by atoms with E-state index in [9.17, 15) is 19.2 Å². The molecule has 0 unspecified atom stereocenters. The number of nitrogens with one attached hydrogen (secondary N) is 1. The van der Waals surface area contributed by atoms with Crippen molar-refractivity contribution in [2.45, 2.75) is 45.3 Å². The van der Waals surface area contributed by atoms with Crippen LogP contribution in [0.2, 0.25) is 0 Å². The van der Waals surface area contributed by atoms with E-state index in [4.69, 9.17) is 28.7 Å². The maximum atomic E-state index is 13.6. The summed E-state index contributed by atoms with van der Waals surface area (Å²) in [7, 11) is -2.82. The van der Waals surface area contributed by atoms with Crippen LogP contribution in [0.25, 0.3) is 11.2 Å². The lowest BCUT2D eigenvalue weighted by Gasteiger charge is -2.26. The minimum Gasteiger partial charge on any atom is -0.463 e. The second-order valence-corrected chi connectivity index (χ2v) is 14.0. The number of benzene rings is 3. The highest BCUT2D eigenvalue weighted by Gasteiger charge is 2.51. The summed E-state index contributed by atoms with van der Waals surface area (Å²) < 4.78 is 29.2. The van der Waals surface area contributed by atoms with Gasteiger partial charge in [0.2, 0.25) is 5.95 Å². The van der Waals surface area contributed by atoms with Crippen molar-refractivity contribution >= 4 is 58.0 Å². The van der Waals surface area contributed by atoms with Crippen LogP contribution < -0.4 is 21.5 Å². The van der Waals surface area contributed by atoms with Crippen LogP contribution >= 0.6 is 7.05 Å². The van der Waals surface area contributed by atoms with E-state index in [1.165, 1.54) is 31.7 Å². The molecule has 3 heterocycles. The van der Waals surface area contributed by atoms with Crippen molar-refractivity contribution in [2.24, 2.45) is 4.74 Å². The van der Waals surface area contributed by atoms with Gasteiger partial charge >= 0.3 is 17.9 Å². The minimum absolute atomic E-state index is 0.0188. The molecule has 0 saturated carbocycles. The van der Waals surface area contributed by atoms with E-state index in [1.54, 1.807) is 0 Å². The van der Waals surface area contributed by atoms with Crippen molar-refractivity contribution in [1.29, 1.82) is 0 Å². The van der Waals surface area contributed by atoms with E-state index in [0.717, 1.165) is 15.9 Å². The SMILES string of the molecule is CC(=O)OC[C@H]1O[C@@H](n2cnc3c(=O)[nH]c(N=P(c4ccccc4)(c4ccccc4)c4ccccc4)nc32)[C@H](OC(C)=O)[C@@H]1OC(C)=O. The molecule has 13 nitrogen and oxygen atoms in total. The van der Waals surface area contributed by atoms with Gasteiger partial charge in [0.1, 0.15) is 12.7 Å². The van der Waals surface area contributed by atoms with E-state index < -0.39 is 55.1 Å². The van der Waals surface area contributed by atoms with Gasteiger partial charge in [-0.2, -0.15) is 4.98 Å². The Morgan fingerprint density at radius 2 is 1.33 bits per heavy atom. The number of nitrogens with zero attached hydrogens (tertiary/aromatic N) is 4. The number of aromatic amines is 1. The first-order chi connectivity index (χ1) is 23.2. The van der Waals surface area contributed by atoms with Crippen LogP contribution in [-0.4, -0.2) is 62.3 Å². The third kappa shape index (κ3) is 6.42. The predicted molar refractivity (Wildman–Crippen MR) is 177 cm³/mol. The zero-order valence-electron chi connectivity index (χ0n) is 26.3. The quantitative estimate of drug-likeness (QED) is 0.140. The van der Waals surface area contributed by atoms with Crippen molar-refractivity contribution in [3.05, 3.63) is 108 Å². The monoisotopic (exact) mass is 669 g/mol. The van der Waals surface area contributed by atoms with Gasteiger partial charge in [-0.25, -0.2) is 9.73 Å². The summed E-state index contributed by atoms with van der Waals surface area (Å²) in [6, 6.07) is 29.5. The van der Waals surface area contributed by atoms with E-state index in [-0.39, 0.29) is 23.7 Å². The smallest absolute Gasteiger partial charge is 0.303 e. The minimum atomic E-state index is -2.82. The molecule has 1 aliphatic heterocycles. The molecule has 4 atom stereocenters. The first-order valence-corrected chi connectivity index (χ1v) is 16.8. The molecule has 1 aliphatic rings. The van der Waals surface area contributed by atoms with Crippen LogP contribution in [0.4, 0.5) is 5.95 Å². The number of hydrogen-bond acceptors (Lipinski definition) is 11. The van der Waals surface area contributed by atoms with Gasteiger partial charge in [-0.1, -0.05) is 91.0 Å². The van der Waals surface area contributed by atoms with Crippen LogP contribution in [0, 0.1) is 0 Å². The normalized spacial score (nSPS) is 19.1. The molecule has 2 aromatic heterocycles. The molecule has 246 valence electrons. The summed E-state index contributed by atoms with van der Waals surface area (Å²) in [5, 5.41) is 2.81. The van der Waals surface area contributed by atoms with Crippen molar-refractivity contribution in [2.75, 3.05) is 6.61 Å². The van der Waals surface area contributed by atoms with E-state index >= 15 is 0 Å². The van der Waals surface area contributed by atoms with Crippen molar-refractivity contribution < 1.29 is 33.3 Å². The molecule has 0 bridgehead atoms. The van der Waals surface area contributed by atoms with Crippen LogP contribution in [0.3, 0.4) is 0 Å². The van der Waals surface area contributed by atoms with Crippen molar-refractivity contribution in [3.8, 4) is 0 Å². The van der Waals surface area contributed by atoms with Gasteiger partial charge in [0.15, 0.2) is 29.6 Å². The van der Waals surface area contributed by atoms with Gasteiger partial charge in [-0.3, -0.25) is 28.7 Å². The van der Waals surface area contributed by atoms with Crippen LogP contribution in [0.1, 0.15) is 27.0 Å². The molecule has 1 fully saturated rings. The lowest BCUT2D eigenvalue weighted by atomic mass is 10.1. The molecular formula is C34H32N5O8P. The highest BCUT2D eigenvalue weighted by Crippen LogP contribution is 2.48. The molecule has 0 aliphatic carbocycles. The summed E-state index contributed by atoms with van der Waals surface area (Å²) in [4.78, 5) is 61.4. The number of imidazole rings is 1. The van der Waals surface area contributed by atoms with Crippen LogP contribution in [0.5, 0.6) is 0 Å². The number of hydrogen-bond donors (Lipinski definition) is 1. The zero-order chi connectivity index (χ0) is 33.8. The molecular weight excluding hydrogens is 637 g/mol. The third-order valence-corrected chi connectivity index (χ3v) is 11.3. The molecule has 48 heavy (non-hydrogen) atoms. The summed E-state index contributed by atoms with van der Waals surface area (Å²) in [6.07, 6.45) is -3.20. The molecule has 0 amide bonds. The molecule has 0 spiro atoms. The van der Waals surface area contributed by atoms with Gasteiger partial charge in [-0.05, 0) is 0 Å². The molecule has 1 N–H and O–H groups in total. The second-order valence-electron chi connectivity index (χ2n) is 11.0. The van der Waals surface area contributed by atoms with E-state index in [1.807, 2.05) is 91.0 Å². The Bertz CT molecular complexity index is 1960. The number of ether oxygens (including phenoxy) is 4. The number of fused-ring (bicyclic) bond motifs is 1. The zero-order valence-corrected chi connectivity index (χ0v) is 27.2. The molecule has 14 heteroatoms. The largest absolute Gasteiger partial charge is 0.463 e. The molecule has 0 radical (unpaired) electrons. The van der Waals surface area contributed by atoms with Gasteiger partial charge in [0.05, 0.1) is 13.4 Å². The summed E-state index contributed by atoms with van der Waals surface area (Å²) >= 11 is 0. The lowest BCUT2D eigenvalue weighted by molar-refractivity contribution is -0.166. The highest BCUT2D eigenvalue weighted by atomic mass is 31.2. The Balaban J connectivity index is 1.56. The fourth-order valence-corrected chi connectivity index (χ4v) is 9.19. The Hall–Kier alpha value is -5.39. The average molecular weight is 670 g/mol. The summed E-state index contributed by atoms with van der Waals surface area (Å²) in [5.74, 6) is -1.88. The number of aromatic nitrogens is 4. The molecule has 6 rings (SSSR count). The maximum absolute atomic E-state index is 13.6. The fraction of sp³-hybridized carbons (Fsp3) is 0.235. The Labute approximate surface area is 274 Å². The standard InChI is InChI=1S/C34H32N5O8P/c1-21(40)44-19-27-29(45-22(2)41)30(46-23(3)42)33(47-27)39-20-35-28-31(39)36-34(37-32(28)43)38-48(24-13-7-4-8-14-24,25-15-9-5-10-16-25)26-17-11-6-12-18-26/h4-18,20,27,29-30,33H,19H2,1-3H3,(H,36,37,43)/t27-,29-,30-,33-/m1/s1. The Kier molecular flexibility index (Phi) is 9.33. The second kappa shape index (κ2) is 13.8. The van der Waals surface area contributed by atoms with Crippen LogP contribution in [-0.2, 0) is 33.3 Å². The number of rotatable bonds is 9. The highest BCUT2D eigenvalue weighted by molar-refractivity contribution is 7.87. The summed E-state index contributed by atoms with van der Waals surface area (Å²) in [5.41, 5.74) is -0.490.